The van der Waals surface area contributed by atoms with E-state index in [9.17, 15) is 4.79 Å². The van der Waals surface area contributed by atoms with Crippen LogP contribution < -0.4 is 10.6 Å². The number of carbonyl (C=O) groups excluding carboxylic acids is 1. The van der Waals surface area contributed by atoms with E-state index in [0.29, 0.717) is 43.0 Å². The second kappa shape index (κ2) is 10.0. The molecule has 2 bridgehead atoms. The van der Waals surface area contributed by atoms with E-state index in [1.807, 2.05) is 26.8 Å². The number of halogens is 1. The second-order valence-corrected chi connectivity index (χ2v) is 11.4. The highest BCUT2D eigenvalue weighted by atomic mass is 79.9. The monoisotopic (exact) mass is 558 g/mol. The number of cyclic esters (lactones) is 1. The Hall–Kier alpha value is -2.66. The number of anilines is 3. The summed E-state index contributed by atoms with van der Waals surface area (Å²) in [5, 5.41) is 11.5. The zero-order valence-corrected chi connectivity index (χ0v) is 23.0. The number of piperidine rings is 1. The van der Waals surface area contributed by atoms with Crippen molar-refractivity contribution in [2.75, 3.05) is 30.8 Å². The Balaban J connectivity index is 1.17. The lowest BCUT2D eigenvalue weighted by Gasteiger charge is -2.36. The molecule has 2 fully saturated rings. The average Bonchev–Trinajstić information content (AvgIpc) is 3.26. The van der Waals surface area contributed by atoms with Gasteiger partial charge in [0.05, 0.1) is 21.9 Å². The highest BCUT2D eigenvalue weighted by Gasteiger charge is 2.39. The van der Waals surface area contributed by atoms with Crippen molar-refractivity contribution in [2.24, 2.45) is 0 Å². The van der Waals surface area contributed by atoms with Crippen molar-refractivity contribution in [2.45, 2.75) is 76.6 Å². The Morgan fingerprint density at radius 3 is 2.69 bits per heavy atom. The molecule has 0 aliphatic carbocycles. The fraction of sp³-hybridized carbons (Fsp3) is 0.600. The quantitative estimate of drug-likeness (QED) is 0.444. The van der Waals surface area contributed by atoms with Crippen LogP contribution in [0.1, 0.15) is 57.7 Å². The number of nitrogens with one attached hydrogen (secondary N) is 2. The first kappa shape index (κ1) is 25.0. The van der Waals surface area contributed by atoms with Gasteiger partial charge in [0.25, 0.3) is 0 Å². The smallest absolute Gasteiger partial charge is 0.414 e. The van der Waals surface area contributed by atoms with Crippen LogP contribution in [0.3, 0.4) is 0 Å². The van der Waals surface area contributed by atoms with E-state index in [4.69, 9.17) is 9.84 Å². The van der Waals surface area contributed by atoms with Crippen LogP contribution in [0.25, 0.3) is 0 Å². The molecular formula is C25H35BrN8O2. The molecule has 0 saturated carbocycles. The normalized spacial score (nSPS) is 25.2. The first-order valence-electron chi connectivity index (χ1n) is 12.7. The van der Waals surface area contributed by atoms with Gasteiger partial charge in [-0.2, -0.15) is 10.1 Å². The number of fused-ring (bicyclic) bond motifs is 2. The number of amides is 1. The number of ether oxygens (including phenoxy) is 1. The SMILES string of the molecule is Cc1nn(C2CC3CCC(C2)N3C)cc1Nc1ncc(Br)c(NCCCN2C=CC(C)(C)OC2=O)n1. The third-order valence-electron chi connectivity index (χ3n) is 7.46. The summed E-state index contributed by atoms with van der Waals surface area (Å²) in [6.45, 7) is 6.95. The summed E-state index contributed by atoms with van der Waals surface area (Å²) in [5.41, 5.74) is 1.31. The topological polar surface area (TPSA) is 100 Å². The Morgan fingerprint density at radius 1 is 1.22 bits per heavy atom. The molecular weight excluding hydrogens is 524 g/mol. The van der Waals surface area contributed by atoms with Crippen molar-refractivity contribution in [3.8, 4) is 0 Å². The summed E-state index contributed by atoms with van der Waals surface area (Å²) in [5.74, 6) is 1.21. The van der Waals surface area contributed by atoms with E-state index in [1.165, 1.54) is 12.8 Å². The molecule has 2 aromatic rings. The standard InChI is InChI=1S/C25H35BrN8O2/c1-16-21(15-34(31-16)19-12-17-6-7-18(13-19)32(17)4)29-23-28-14-20(26)22(30-23)27-9-5-10-33-11-8-25(2,3)36-24(33)35/h8,11,14-15,17-19H,5-7,9-10,12-13H2,1-4H3,(H2,27,28,29,30). The summed E-state index contributed by atoms with van der Waals surface area (Å²) < 4.78 is 8.31. The fourth-order valence-electron chi connectivity index (χ4n) is 5.33. The molecule has 194 valence electrons. The predicted molar refractivity (Wildman–Crippen MR) is 142 cm³/mol. The Bertz CT molecular complexity index is 1140. The maximum Gasteiger partial charge on any atom is 0.414 e. The number of aromatic nitrogens is 4. The van der Waals surface area contributed by atoms with Crippen molar-refractivity contribution in [1.82, 2.24) is 29.5 Å². The minimum absolute atomic E-state index is 0.319. The molecule has 3 aliphatic rings. The molecule has 0 aromatic carbocycles. The zero-order valence-electron chi connectivity index (χ0n) is 21.4. The van der Waals surface area contributed by atoms with E-state index >= 15 is 0 Å². The third kappa shape index (κ3) is 5.36. The predicted octanol–water partition coefficient (Wildman–Crippen LogP) is 4.83. The summed E-state index contributed by atoms with van der Waals surface area (Å²) >= 11 is 3.53. The second-order valence-electron chi connectivity index (χ2n) is 10.6. The summed E-state index contributed by atoms with van der Waals surface area (Å²) in [7, 11) is 2.26. The average molecular weight is 560 g/mol. The van der Waals surface area contributed by atoms with Crippen LogP contribution in [0, 0.1) is 6.92 Å². The van der Waals surface area contributed by atoms with Gasteiger partial charge in [0.1, 0.15) is 11.4 Å². The molecule has 10 nitrogen and oxygen atoms in total. The van der Waals surface area contributed by atoms with Crippen molar-refractivity contribution in [3.63, 3.8) is 0 Å². The van der Waals surface area contributed by atoms with Gasteiger partial charge in [0.15, 0.2) is 0 Å². The Labute approximate surface area is 220 Å². The molecule has 0 radical (unpaired) electrons. The lowest BCUT2D eigenvalue weighted by atomic mass is 9.98. The van der Waals surface area contributed by atoms with Crippen LogP contribution >= 0.6 is 15.9 Å². The van der Waals surface area contributed by atoms with Crippen LogP contribution in [0.15, 0.2) is 29.1 Å². The zero-order chi connectivity index (χ0) is 25.4. The first-order valence-corrected chi connectivity index (χ1v) is 13.5. The lowest BCUT2D eigenvalue weighted by Crippen LogP contribution is -2.40. The molecule has 36 heavy (non-hydrogen) atoms. The summed E-state index contributed by atoms with van der Waals surface area (Å²) in [4.78, 5) is 25.3. The van der Waals surface area contributed by atoms with Gasteiger partial charge >= 0.3 is 6.09 Å². The molecule has 2 N–H and O–H groups in total. The Morgan fingerprint density at radius 2 is 1.97 bits per heavy atom. The van der Waals surface area contributed by atoms with Crippen LogP contribution in [-0.4, -0.2) is 73.5 Å². The van der Waals surface area contributed by atoms with Crippen LogP contribution in [0.4, 0.5) is 22.2 Å². The molecule has 2 atom stereocenters. The van der Waals surface area contributed by atoms with Crippen LogP contribution in [0.2, 0.25) is 0 Å². The molecule has 0 spiro atoms. The number of carbonyl (C=O) groups is 1. The molecule has 3 aliphatic heterocycles. The van der Waals surface area contributed by atoms with Gasteiger partial charge in [0.2, 0.25) is 5.95 Å². The van der Waals surface area contributed by atoms with Gasteiger partial charge in [-0.25, -0.2) is 9.78 Å². The van der Waals surface area contributed by atoms with Crippen molar-refractivity contribution < 1.29 is 9.53 Å². The van der Waals surface area contributed by atoms with Gasteiger partial charge in [-0.3, -0.25) is 9.58 Å². The number of hydrogen-bond donors (Lipinski definition) is 2. The Kier molecular flexibility index (Phi) is 6.95. The van der Waals surface area contributed by atoms with Crippen LogP contribution in [0.5, 0.6) is 0 Å². The molecule has 11 heteroatoms. The van der Waals surface area contributed by atoms with Gasteiger partial charge in [0, 0.05) is 43.8 Å². The summed E-state index contributed by atoms with van der Waals surface area (Å²) in [6, 6.07) is 1.78. The molecule has 5 rings (SSSR count). The van der Waals surface area contributed by atoms with E-state index < -0.39 is 5.60 Å². The number of aryl methyl sites for hydroxylation is 1. The fourth-order valence-corrected chi connectivity index (χ4v) is 5.66. The molecule has 2 unspecified atom stereocenters. The van der Waals surface area contributed by atoms with E-state index in [-0.39, 0.29) is 6.09 Å². The lowest BCUT2D eigenvalue weighted by molar-refractivity contribution is 0.0390. The molecule has 2 aromatic heterocycles. The minimum Gasteiger partial charge on any atom is -0.439 e. The number of nitrogens with zero attached hydrogens (tertiary/aromatic N) is 6. The van der Waals surface area contributed by atoms with Gasteiger partial charge in [-0.05, 0) is 81.9 Å². The van der Waals surface area contributed by atoms with E-state index in [0.717, 1.165) is 35.1 Å². The van der Waals surface area contributed by atoms with Crippen molar-refractivity contribution in [3.05, 3.63) is 34.8 Å². The van der Waals surface area contributed by atoms with Crippen molar-refractivity contribution >= 4 is 39.5 Å². The van der Waals surface area contributed by atoms with Crippen LogP contribution in [-0.2, 0) is 4.74 Å². The molecule has 5 heterocycles. The summed E-state index contributed by atoms with van der Waals surface area (Å²) in [6.07, 6.45) is 12.8. The van der Waals surface area contributed by atoms with Gasteiger partial charge < -0.3 is 20.3 Å². The number of hydrogen-bond acceptors (Lipinski definition) is 8. The van der Waals surface area contributed by atoms with Gasteiger partial charge in [-0.15, -0.1) is 0 Å². The highest BCUT2D eigenvalue weighted by molar-refractivity contribution is 9.10. The minimum atomic E-state index is -0.553. The van der Waals surface area contributed by atoms with E-state index in [1.54, 1.807) is 17.3 Å². The van der Waals surface area contributed by atoms with Crippen molar-refractivity contribution in [1.29, 1.82) is 0 Å². The molecule has 1 amide bonds. The van der Waals surface area contributed by atoms with Gasteiger partial charge in [-0.1, -0.05) is 0 Å². The first-order chi connectivity index (χ1) is 17.2. The largest absolute Gasteiger partial charge is 0.439 e. The maximum absolute atomic E-state index is 12.1. The maximum atomic E-state index is 12.1. The third-order valence-corrected chi connectivity index (χ3v) is 8.04. The van der Waals surface area contributed by atoms with E-state index in [2.05, 4.69) is 59.4 Å². The molecule has 2 saturated heterocycles. The highest BCUT2D eigenvalue weighted by Crippen LogP contribution is 2.40. The number of rotatable bonds is 8.